The minimum Gasteiger partial charge on any atom is -0.351 e. The summed E-state index contributed by atoms with van der Waals surface area (Å²) >= 11 is 8.05. The van der Waals surface area contributed by atoms with Gasteiger partial charge in [-0.3, -0.25) is 14.5 Å². The molecule has 0 saturated heterocycles. The highest BCUT2D eigenvalue weighted by Gasteiger charge is 2.41. The van der Waals surface area contributed by atoms with E-state index in [0.29, 0.717) is 10.7 Å². The quantitative estimate of drug-likeness (QED) is 0.624. The van der Waals surface area contributed by atoms with Crippen LogP contribution in [0.1, 0.15) is 42.2 Å². The molecule has 6 heteroatoms. The minimum absolute atomic E-state index is 0.0966. The second-order valence-corrected chi connectivity index (χ2v) is 9.22. The molecule has 0 radical (unpaired) electrons. The number of hydrogen-bond acceptors (Lipinski definition) is 3. The van der Waals surface area contributed by atoms with Crippen LogP contribution < -0.4 is 10.2 Å². The SMILES string of the molecule is O=C(NC1CCCC1)C1c2sc3ccccc3c2CC(=O)N1c1ccccc1Cl. The predicted molar refractivity (Wildman–Crippen MR) is 118 cm³/mol. The van der Waals surface area contributed by atoms with E-state index < -0.39 is 6.04 Å². The number of carbonyl (C=O) groups is 2. The van der Waals surface area contributed by atoms with Crippen molar-refractivity contribution in [2.45, 2.75) is 44.2 Å². The van der Waals surface area contributed by atoms with Crippen LogP contribution in [0, 0.1) is 0 Å². The van der Waals surface area contributed by atoms with Gasteiger partial charge in [0.25, 0.3) is 0 Å². The third kappa shape index (κ3) is 3.22. The molecule has 5 rings (SSSR count). The Morgan fingerprint density at radius 3 is 2.59 bits per heavy atom. The Morgan fingerprint density at radius 2 is 1.79 bits per heavy atom. The summed E-state index contributed by atoms with van der Waals surface area (Å²) in [5, 5.41) is 4.75. The lowest BCUT2D eigenvalue weighted by Gasteiger charge is -2.35. The lowest BCUT2D eigenvalue weighted by molar-refractivity contribution is -0.127. The first-order chi connectivity index (χ1) is 14.1. The van der Waals surface area contributed by atoms with Crippen LogP contribution in [0.3, 0.4) is 0 Å². The summed E-state index contributed by atoms with van der Waals surface area (Å²) in [4.78, 5) is 29.3. The third-order valence-electron chi connectivity index (χ3n) is 5.89. The molecule has 2 heterocycles. The normalized spacial score (nSPS) is 19.6. The Balaban J connectivity index is 1.64. The minimum atomic E-state index is -0.691. The van der Waals surface area contributed by atoms with E-state index in [4.69, 9.17) is 11.6 Å². The Labute approximate surface area is 178 Å². The number of hydrogen-bond donors (Lipinski definition) is 1. The molecule has 3 aromatic rings. The monoisotopic (exact) mass is 424 g/mol. The van der Waals surface area contributed by atoms with Crippen molar-refractivity contribution in [3.63, 3.8) is 0 Å². The third-order valence-corrected chi connectivity index (χ3v) is 7.48. The number of nitrogens with zero attached hydrogens (tertiary/aromatic N) is 1. The first-order valence-corrected chi connectivity index (χ1v) is 11.2. The highest BCUT2D eigenvalue weighted by atomic mass is 35.5. The molecule has 2 aliphatic rings. The summed E-state index contributed by atoms with van der Waals surface area (Å²) in [5.74, 6) is -0.210. The first kappa shape index (κ1) is 18.6. The molecule has 1 aliphatic carbocycles. The van der Waals surface area contributed by atoms with E-state index in [2.05, 4.69) is 11.4 Å². The van der Waals surface area contributed by atoms with E-state index in [0.717, 1.165) is 46.2 Å². The molecular weight excluding hydrogens is 404 g/mol. The summed E-state index contributed by atoms with van der Waals surface area (Å²) in [6.45, 7) is 0. The van der Waals surface area contributed by atoms with E-state index >= 15 is 0 Å². The van der Waals surface area contributed by atoms with Crippen molar-refractivity contribution in [2.24, 2.45) is 0 Å². The van der Waals surface area contributed by atoms with Crippen LogP contribution in [0.25, 0.3) is 10.1 Å². The number of para-hydroxylation sites is 1. The topological polar surface area (TPSA) is 49.4 Å². The van der Waals surface area contributed by atoms with Crippen LogP contribution in [0.5, 0.6) is 0 Å². The molecule has 1 atom stereocenters. The number of anilines is 1. The van der Waals surface area contributed by atoms with Gasteiger partial charge in [0.15, 0.2) is 6.04 Å². The summed E-state index contributed by atoms with van der Waals surface area (Å²) in [5.41, 5.74) is 1.57. The molecule has 1 N–H and O–H groups in total. The lowest BCUT2D eigenvalue weighted by atomic mass is 9.96. The van der Waals surface area contributed by atoms with E-state index in [1.807, 2.05) is 36.4 Å². The number of thiophene rings is 1. The van der Waals surface area contributed by atoms with Gasteiger partial charge in [0, 0.05) is 15.6 Å². The summed E-state index contributed by atoms with van der Waals surface area (Å²) in [6, 6.07) is 14.8. The number of fused-ring (bicyclic) bond motifs is 3. The summed E-state index contributed by atoms with van der Waals surface area (Å²) < 4.78 is 1.10. The van der Waals surface area contributed by atoms with Crippen LogP contribution in [0.2, 0.25) is 5.02 Å². The van der Waals surface area contributed by atoms with Crippen LogP contribution in [0.15, 0.2) is 48.5 Å². The Bertz CT molecular complexity index is 1100. The fraction of sp³-hybridized carbons (Fsp3) is 0.304. The van der Waals surface area contributed by atoms with Gasteiger partial charge in [-0.15, -0.1) is 11.3 Å². The van der Waals surface area contributed by atoms with E-state index in [9.17, 15) is 9.59 Å². The Kier molecular flexibility index (Phi) is 4.80. The maximum atomic E-state index is 13.5. The van der Waals surface area contributed by atoms with Gasteiger partial charge in [-0.1, -0.05) is 54.8 Å². The molecule has 1 aliphatic heterocycles. The van der Waals surface area contributed by atoms with Crippen LogP contribution >= 0.6 is 22.9 Å². The smallest absolute Gasteiger partial charge is 0.248 e. The molecule has 1 fully saturated rings. The average Bonchev–Trinajstić information content (AvgIpc) is 3.35. The van der Waals surface area contributed by atoms with Crippen molar-refractivity contribution in [3.8, 4) is 0 Å². The number of benzene rings is 2. The van der Waals surface area contributed by atoms with Gasteiger partial charge in [0.1, 0.15) is 0 Å². The van der Waals surface area contributed by atoms with Crippen LogP contribution in [0.4, 0.5) is 5.69 Å². The fourth-order valence-corrected chi connectivity index (χ4v) is 6.07. The predicted octanol–water partition coefficient (Wildman–Crippen LogP) is 5.24. The van der Waals surface area contributed by atoms with Crippen molar-refractivity contribution in [2.75, 3.05) is 4.90 Å². The summed E-state index contributed by atoms with van der Waals surface area (Å²) in [6.07, 6.45) is 4.54. The van der Waals surface area contributed by atoms with Gasteiger partial charge in [-0.05, 0) is 42.0 Å². The van der Waals surface area contributed by atoms with Crippen molar-refractivity contribution in [1.82, 2.24) is 5.32 Å². The molecule has 148 valence electrons. The molecular formula is C23H21ClN2O2S. The molecule has 1 unspecified atom stereocenters. The largest absolute Gasteiger partial charge is 0.351 e. The highest BCUT2D eigenvalue weighted by Crippen LogP contribution is 2.44. The molecule has 1 saturated carbocycles. The standard InChI is InChI=1S/C23H21ClN2O2S/c24-17-10-4-5-11-18(17)26-20(27)13-16-15-9-3-6-12-19(15)29-22(16)21(26)23(28)25-14-7-1-2-8-14/h3-6,9-12,14,21H,1-2,7-8,13H2,(H,25,28). The molecule has 2 aromatic carbocycles. The Morgan fingerprint density at radius 1 is 1.07 bits per heavy atom. The number of halogens is 1. The molecule has 4 nitrogen and oxygen atoms in total. The highest BCUT2D eigenvalue weighted by molar-refractivity contribution is 7.19. The summed E-state index contributed by atoms with van der Waals surface area (Å²) in [7, 11) is 0. The number of rotatable bonds is 3. The molecule has 29 heavy (non-hydrogen) atoms. The zero-order chi connectivity index (χ0) is 20.0. The van der Waals surface area contributed by atoms with Gasteiger partial charge >= 0.3 is 0 Å². The average molecular weight is 425 g/mol. The molecule has 0 bridgehead atoms. The van der Waals surface area contributed by atoms with Crippen molar-refractivity contribution in [3.05, 3.63) is 64.0 Å². The zero-order valence-electron chi connectivity index (χ0n) is 15.9. The van der Waals surface area contributed by atoms with Crippen molar-refractivity contribution >= 4 is 50.5 Å². The fourth-order valence-electron chi connectivity index (χ4n) is 4.53. The van der Waals surface area contributed by atoms with Gasteiger partial charge in [0.2, 0.25) is 11.8 Å². The van der Waals surface area contributed by atoms with Gasteiger partial charge < -0.3 is 5.32 Å². The van der Waals surface area contributed by atoms with Gasteiger partial charge in [-0.25, -0.2) is 0 Å². The number of nitrogens with one attached hydrogen (secondary N) is 1. The van der Waals surface area contributed by atoms with Crippen LogP contribution in [-0.2, 0) is 16.0 Å². The van der Waals surface area contributed by atoms with Crippen LogP contribution in [-0.4, -0.2) is 17.9 Å². The maximum Gasteiger partial charge on any atom is 0.248 e. The first-order valence-electron chi connectivity index (χ1n) is 10.0. The molecule has 2 amide bonds. The maximum absolute atomic E-state index is 13.5. The number of amides is 2. The van der Waals surface area contributed by atoms with Gasteiger partial charge in [-0.2, -0.15) is 0 Å². The van der Waals surface area contributed by atoms with E-state index in [-0.39, 0.29) is 24.3 Å². The second-order valence-electron chi connectivity index (χ2n) is 7.73. The van der Waals surface area contributed by atoms with E-state index in [1.54, 1.807) is 22.3 Å². The Hall–Kier alpha value is -2.37. The lowest BCUT2D eigenvalue weighted by Crippen LogP contribution is -2.49. The molecule has 0 spiro atoms. The number of carbonyl (C=O) groups excluding carboxylic acids is 2. The van der Waals surface area contributed by atoms with Gasteiger partial charge in [0.05, 0.1) is 17.1 Å². The second kappa shape index (κ2) is 7.47. The van der Waals surface area contributed by atoms with Crippen molar-refractivity contribution < 1.29 is 9.59 Å². The van der Waals surface area contributed by atoms with E-state index in [1.165, 1.54) is 0 Å². The molecule has 1 aromatic heterocycles. The zero-order valence-corrected chi connectivity index (χ0v) is 17.4. The van der Waals surface area contributed by atoms with Crippen molar-refractivity contribution in [1.29, 1.82) is 0 Å².